The summed E-state index contributed by atoms with van der Waals surface area (Å²) in [4.78, 5) is 24.6. The summed E-state index contributed by atoms with van der Waals surface area (Å²) in [6.07, 6.45) is -0.0809. The molecule has 0 unspecified atom stereocenters. The molecule has 5 nitrogen and oxygen atoms in total. The van der Waals surface area contributed by atoms with Crippen molar-refractivity contribution in [3.8, 4) is 0 Å². The van der Waals surface area contributed by atoms with E-state index in [4.69, 9.17) is 4.74 Å². The summed E-state index contributed by atoms with van der Waals surface area (Å²) < 4.78 is 4.81. The van der Waals surface area contributed by atoms with Crippen molar-refractivity contribution < 1.29 is 14.3 Å². The first-order valence-electron chi connectivity index (χ1n) is 5.39. The van der Waals surface area contributed by atoms with Crippen molar-refractivity contribution in [2.45, 2.75) is 12.5 Å². The van der Waals surface area contributed by atoms with E-state index in [0.29, 0.717) is 6.42 Å². The second-order valence-electron chi connectivity index (χ2n) is 3.98. The van der Waals surface area contributed by atoms with Gasteiger partial charge in [0.15, 0.2) is 6.73 Å². The SMILES string of the molecule is CN1COC(=O)N[C@@H](Cc2ccccc2)C1=O. The van der Waals surface area contributed by atoms with Crippen LogP contribution in [0.5, 0.6) is 0 Å². The summed E-state index contributed by atoms with van der Waals surface area (Å²) in [5.41, 5.74) is 1.00. The van der Waals surface area contributed by atoms with Gasteiger partial charge in [-0.15, -0.1) is 0 Å². The van der Waals surface area contributed by atoms with Gasteiger partial charge in [-0.1, -0.05) is 30.3 Å². The fourth-order valence-corrected chi connectivity index (χ4v) is 1.72. The fourth-order valence-electron chi connectivity index (χ4n) is 1.72. The number of nitrogens with zero attached hydrogens (tertiary/aromatic N) is 1. The third kappa shape index (κ3) is 2.75. The maximum absolute atomic E-state index is 11.9. The summed E-state index contributed by atoms with van der Waals surface area (Å²) >= 11 is 0. The van der Waals surface area contributed by atoms with Gasteiger partial charge in [0.25, 0.3) is 0 Å². The average molecular weight is 234 g/mol. The van der Waals surface area contributed by atoms with Crippen molar-refractivity contribution in [2.24, 2.45) is 0 Å². The summed E-state index contributed by atoms with van der Waals surface area (Å²) in [6.45, 7) is -0.00401. The van der Waals surface area contributed by atoms with E-state index in [0.717, 1.165) is 5.56 Å². The number of alkyl carbamates (subject to hydrolysis) is 1. The zero-order valence-electron chi connectivity index (χ0n) is 9.55. The van der Waals surface area contributed by atoms with Gasteiger partial charge in [-0.05, 0) is 5.56 Å². The number of likely N-dealkylation sites (N-methyl/N-ethyl adjacent to an activating group) is 1. The van der Waals surface area contributed by atoms with Gasteiger partial charge in [0, 0.05) is 13.5 Å². The second kappa shape index (κ2) is 4.86. The smallest absolute Gasteiger partial charge is 0.409 e. The molecular weight excluding hydrogens is 220 g/mol. The van der Waals surface area contributed by atoms with Crippen LogP contribution in [-0.4, -0.2) is 36.7 Å². The molecule has 2 rings (SSSR count). The first-order valence-corrected chi connectivity index (χ1v) is 5.39. The molecule has 1 fully saturated rings. The highest BCUT2D eigenvalue weighted by Gasteiger charge is 2.28. The number of cyclic esters (lactones) is 1. The number of nitrogens with one attached hydrogen (secondary N) is 1. The minimum atomic E-state index is -0.558. The van der Waals surface area contributed by atoms with Gasteiger partial charge < -0.3 is 15.0 Å². The molecule has 0 spiro atoms. The maximum atomic E-state index is 11.9. The largest absolute Gasteiger partial charge is 0.428 e. The second-order valence-corrected chi connectivity index (χ2v) is 3.98. The summed E-state index contributed by atoms with van der Waals surface area (Å²) in [5, 5.41) is 2.56. The first-order chi connectivity index (χ1) is 8.16. The quantitative estimate of drug-likeness (QED) is 0.821. The molecule has 0 saturated carbocycles. The summed E-state index contributed by atoms with van der Waals surface area (Å²) in [6, 6.07) is 9.00. The first kappa shape index (κ1) is 11.4. The van der Waals surface area contributed by atoms with E-state index >= 15 is 0 Å². The Labute approximate surface area is 99.4 Å². The van der Waals surface area contributed by atoms with E-state index < -0.39 is 12.1 Å². The molecular formula is C12H14N2O3. The topological polar surface area (TPSA) is 58.6 Å². The molecule has 0 aliphatic carbocycles. The number of carbonyl (C=O) groups is 2. The number of ether oxygens (including phenoxy) is 1. The molecule has 1 atom stereocenters. The fraction of sp³-hybridized carbons (Fsp3) is 0.333. The monoisotopic (exact) mass is 234 g/mol. The van der Waals surface area contributed by atoms with E-state index in [1.54, 1.807) is 7.05 Å². The zero-order chi connectivity index (χ0) is 12.3. The van der Waals surface area contributed by atoms with Crippen LogP contribution in [0, 0.1) is 0 Å². The predicted octanol–water partition coefficient (Wildman–Crippen LogP) is 0.753. The Morgan fingerprint density at radius 3 is 2.76 bits per heavy atom. The predicted molar refractivity (Wildman–Crippen MR) is 61.2 cm³/mol. The molecule has 1 aromatic rings. The van der Waals surface area contributed by atoms with Crippen molar-refractivity contribution in [1.82, 2.24) is 10.2 Å². The molecule has 1 aliphatic rings. The molecule has 90 valence electrons. The van der Waals surface area contributed by atoms with E-state index in [1.165, 1.54) is 4.90 Å². The van der Waals surface area contributed by atoms with Crippen LogP contribution in [0.1, 0.15) is 5.56 Å². The maximum Gasteiger partial charge on any atom is 0.409 e. The minimum absolute atomic E-state index is 0.00401. The Kier molecular flexibility index (Phi) is 3.27. The van der Waals surface area contributed by atoms with Crippen LogP contribution in [0.15, 0.2) is 30.3 Å². The van der Waals surface area contributed by atoms with Gasteiger partial charge in [-0.3, -0.25) is 4.79 Å². The molecule has 1 aliphatic heterocycles. The lowest BCUT2D eigenvalue weighted by atomic mass is 10.1. The number of rotatable bonds is 2. The molecule has 17 heavy (non-hydrogen) atoms. The van der Waals surface area contributed by atoms with Crippen LogP contribution in [0.4, 0.5) is 4.79 Å². The van der Waals surface area contributed by atoms with Crippen molar-refractivity contribution in [3.05, 3.63) is 35.9 Å². The third-order valence-electron chi connectivity index (χ3n) is 2.64. The third-order valence-corrected chi connectivity index (χ3v) is 2.64. The van der Waals surface area contributed by atoms with Crippen LogP contribution in [0.2, 0.25) is 0 Å². The van der Waals surface area contributed by atoms with Gasteiger partial charge in [0.2, 0.25) is 5.91 Å². The molecule has 1 N–H and O–H groups in total. The average Bonchev–Trinajstić information content (AvgIpc) is 2.45. The van der Waals surface area contributed by atoms with Crippen molar-refractivity contribution in [3.63, 3.8) is 0 Å². The zero-order valence-corrected chi connectivity index (χ0v) is 9.55. The molecule has 1 heterocycles. The molecule has 1 saturated heterocycles. The van der Waals surface area contributed by atoms with E-state index in [9.17, 15) is 9.59 Å². The molecule has 0 radical (unpaired) electrons. The molecule has 5 heteroatoms. The Balaban J connectivity index is 2.12. The van der Waals surface area contributed by atoms with Crippen LogP contribution >= 0.6 is 0 Å². The van der Waals surface area contributed by atoms with E-state index in [1.807, 2.05) is 30.3 Å². The van der Waals surface area contributed by atoms with Crippen molar-refractivity contribution in [2.75, 3.05) is 13.8 Å². The van der Waals surface area contributed by atoms with Gasteiger partial charge in [0.05, 0.1) is 0 Å². The normalized spacial score (nSPS) is 20.5. The minimum Gasteiger partial charge on any atom is -0.428 e. The van der Waals surface area contributed by atoms with Crippen LogP contribution in [0.3, 0.4) is 0 Å². The van der Waals surface area contributed by atoms with Gasteiger partial charge in [-0.2, -0.15) is 0 Å². The van der Waals surface area contributed by atoms with E-state index in [-0.39, 0.29) is 12.6 Å². The standard InChI is InChI=1S/C12H14N2O3/c1-14-8-17-12(16)13-10(11(14)15)7-9-5-3-2-4-6-9/h2-6,10H,7-8H2,1H3,(H,13,16)/t10-/m0/s1. The highest BCUT2D eigenvalue weighted by atomic mass is 16.6. The molecule has 1 aromatic carbocycles. The van der Waals surface area contributed by atoms with Gasteiger partial charge in [0.1, 0.15) is 6.04 Å². The number of carbonyl (C=O) groups excluding carboxylic acids is 2. The van der Waals surface area contributed by atoms with Crippen molar-refractivity contribution >= 4 is 12.0 Å². The van der Waals surface area contributed by atoms with Crippen LogP contribution in [-0.2, 0) is 16.0 Å². The summed E-state index contributed by atoms with van der Waals surface area (Å²) in [7, 11) is 1.61. The molecule has 0 aromatic heterocycles. The highest BCUT2D eigenvalue weighted by molar-refractivity contribution is 5.87. The lowest BCUT2D eigenvalue weighted by Crippen LogP contribution is -2.44. The number of hydrogen-bond donors (Lipinski definition) is 1. The molecule has 0 bridgehead atoms. The highest BCUT2D eigenvalue weighted by Crippen LogP contribution is 2.08. The summed E-state index contributed by atoms with van der Waals surface area (Å²) in [5.74, 6) is -0.139. The van der Waals surface area contributed by atoms with E-state index in [2.05, 4.69) is 5.32 Å². The Morgan fingerprint density at radius 2 is 2.06 bits per heavy atom. The Morgan fingerprint density at radius 1 is 1.35 bits per heavy atom. The number of amides is 2. The lowest BCUT2D eigenvalue weighted by Gasteiger charge is -2.17. The molecule has 2 amide bonds. The van der Waals surface area contributed by atoms with Crippen LogP contribution in [0.25, 0.3) is 0 Å². The Bertz CT molecular complexity index is 419. The van der Waals surface area contributed by atoms with Crippen molar-refractivity contribution in [1.29, 1.82) is 0 Å². The van der Waals surface area contributed by atoms with Crippen LogP contribution < -0.4 is 5.32 Å². The van der Waals surface area contributed by atoms with Gasteiger partial charge >= 0.3 is 6.09 Å². The Hall–Kier alpha value is -2.04. The number of hydrogen-bond acceptors (Lipinski definition) is 3. The van der Waals surface area contributed by atoms with Gasteiger partial charge in [-0.25, -0.2) is 4.79 Å². The number of benzene rings is 1. The lowest BCUT2D eigenvalue weighted by molar-refractivity contribution is -0.133.